The Balaban J connectivity index is 1.85. The van der Waals surface area contributed by atoms with E-state index in [1.54, 1.807) is 0 Å². The molecule has 0 spiro atoms. The van der Waals surface area contributed by atoms with E-state index in [1.807, 2.05) is 12.3 Å². The van der Waals surface area contributed by atoms with Crippen LogP contribution >= 0.6 is 0 Å². The normalized spacial score (nSPS) is 18.4. The molecule has 2 aromatic rings. The fourth-order valence-corrected chi connectivity index (χ4v) is 2.32. The van der Waals surface area contributed by atoms with Crippen LogP contribution in [0.2, 0.25) is 0 Å². The van der Waals surface area contributed by atoms with E-state index in [0.29, 0.717) is 5.92 Å². The molecule has 1 nitrogen and oxygen atoms in total. The first-order valence-corrected chi connectivity index (χ1v) is 6.27. The van der Waals surface area contributed by atoms with Crippen LogP contribution in [-0.4, -0.2) is 5.71 Å². The quantitative estimate of drug-likeness (QED) is 0.738. The summed E-state index contributed by atoms with van der Waals surface area (Å²) in [5.74, 6) is 0.443. The van der Waals surface area contributed by atoms with Gasteiger partial charge in [0.25, 0.3) is 0 Å². The molecule has 1 atom stereocenters. The lowest BCUT2D eigenvalue weighted by atomic mass is 9.90. The Morgan fingerprint density at radius 3 is 2.22 bits per heavy atom. The van der Waals surface area contributed by atoms with Crippen LogP contribution < -0.4 is 0 Å². The summed E-state index contributed by atoms with van der Waals surface area (Å²) in [5.41, 5.74) is 3.76. The predicted molar refractivity (Wildman–Crippen MR) is 75.9 cm³/mol. The van der Waals surface area contributed by atoms with Crippen molar-refractivity contribution in [3.8, 4) is 0 Å². The van der Waals surface area contributed by atoms with E-state index in [4.69, 9.17) is 0 Å². The molecular weight excluding hydrogens is 218 g/mol. The third kappa shape index (κ3) is 2.25. The van der Waals surface area contributed by atoms with Gasteiger partial charge in [-0.2, -0.15) is 0 Å². The number of rotatable bonds is 2. The number of aliphatic imine (C=N–C) groups is 1. The van der Waals surface area contributed by atoms with Gasteiger partial charge in [0.1, 0.15) is 0 Å². The zero-order valence-corrected chi connectivity index (χ0v) is 10.2. The van der Waals surface area contributed by atoms with E-state index in [-0.39, 0.29) is 0 Å². The van der Waals surface area contributed by atoms with Gasteiger partial charge in [0.05, 0.1) is 0 Å². The fraction of sp³-hybridized carbons (Fsp3) is 0.118. The van der Waals surface area contributed by atoms with Crippen molar-refractivity contribution in [3.05, 3.63) is 84.1 Å². The molecule has 1 aliphatic heterocycles. The zero-order chi connectivity index (χ0) is 12.2. The fourth-order valence-electron chi connectivity index (χ4n) is 2.32. The maximum Gasteiger partial charge on any atom is 0.0484 e. The summed E-state index contributed by atoms with van der Waals surface area (Å²) < 4.78 is 0. The molecule has 0 bridgehead atoms. The van der Waals surface area contributed by atoms with Crippen molar-refractivity contribution < 1.29 is 0 Å². The van der Waals surface area contributed by atoms with Gasteiger partial charge in [-0.1, -0.05) is 66.7 Å². The first-order valence-electron chi connectivity index (χ1n) is 6.27. The molecule has 1 aliphatic rings. The molecule has 0 aromatic heterocycles. The minimum Gasteiger partial charge on any atom is -0.261 e. The number of benzene rings is 2. The Kier molecular flexibility index (Phi) is 3.05. The molecular formula is C17H15N. The monoisotopic (exact) mass is 233 g/mol. The molecule has 0 radical (unpaired) electrons. The van der Waals surface area contributed by atoms with Crippen molar-refractivity contribution in [1.82, 2.24) is 0 Å². The Hall–Kier alpha value is -2.15. The highest BCUT2D eigenvalue weighted by atomic mass is 14.7. The number of hydrogen-bond donors (Lipinski definition) is 0. The number of nitrogens with zero attached hydrogens (tertiary/aromatic N) is 1. The van der Waals surface area contributed by atoms with E-state index in [0.717, 1.165) is 6.42 Å². The van der Waals surface area contributed by atoms with Crippen LogP contribution in [0.4, 0.5) is 0 Å². The van der Waals surface area contributed by atoms with Crippen molar-refractivity contribution in [3.63, 3.8) is 0 Å². The standard InChI is InChI=1S/C17H15N/c1-3-7-14(8-4-1)16-11-12-18-17(13-16)15-9-5-2-6-10-15/h1-12,16H,13H2. The SMILES string of the molecule is C1=CC(c2ccccc2)CC(c2ccccc2)=N1. The summed E-state index contributed by atoms with van der Waals surface area (Å²) in [6.45, 7) is 0. The van der Waals surface area contributed by atoms with Gasteiger partial charge in [-0.05, 0) is 11.1 Å². The maximum atomic E-state index is 4.51. The summed E-state index contributed by atoms with van der Waals surface area (Å²) in [7, 11) is 0. The highest BCUT2D eigenvalue weighted by Crippen LogP contribution is 2.26. The van der Waals surface area contributed by atoms with E-state index >= 15 is 0 Å². The van der Waals surface area contributed by atoms with Crippen molar-refractivity contribution in [1.29, 1.82) is 0 Å². The Morgan fingerprint density at radius 1 is 0.833 bits per heavy atom. The van der Waals surface area contributed by atoms with Gasteiger partial charge >= 0.3 is 0 Å². The van der Waals surface area contributed by atoms with Crippen LogP contribution in [-0.2, 0) is 0 Å². The second-order valence-corrected chi connectivity index (χ2v) is 4.50. The van der Waals surface area contributed by atoms with Gasteiger partial charge in [0, 0.05) is 24.3 Å². The Morgan fingerprint density at radius 2 is 1.50 bits per heavy atom. The zero-order valence-electron chi connectivity index (χ0n) is 10.2. The number of allylic oxidation sites excluding steroid dienone is 1. The molecule has 1 heteroatoms. The Labute approximate surface area is 108 Å². The van der Waals surface area contributed by atoms with Gasteiger partial charge in [0.2, 0.25) is 0 Å². The lowest BCUT2D eigenvalue weighted by Gasteiger charge is -2.18. The van der Waals surface area contributed by atoms with Gasteiger partial charge in [-0.25, -0.2) is 0 Å². The van der Waals surface area contributed by atoms with E-state index in [1.165, 1.54) is 16.8 Å². The van der Waals surface area contributed by atoms with Crippen molar-refractivity contribution in [2.24, 2.45) is 4.99 Å². The molecule has 3 rings (SSSR count). The van der Waals surface area contributed by atoms with Crippen molar-refractivity contribution in [2.45, 2.75) is 12.3 Å². The van der Waals surface area contributed by atoms with E-state index < -0.39 is 0 Å². The second kappa shape index (κ2) is 5.01. The third-order valence-electron chi connectivity index (χ3n) is 3.30. The smallest absolute Gasteiger partial charge is 0.0484 e. The molecule has 0 N–H and O–H groups in total. The van der Waals surface area contributed by atoms with Gasteiger partial charge in [-0.15, -0.1) is 0 Å². The molecule has 18 heavy (non-hydrogen) atoms. The summed E-state index contributed by atoms with van der Waals surface area (Å²) in [6.07, 6.45) is 5.09. The van der Waals surface area contributed by atoms with Crippen molar-refractivity contribution in [2.75, 3.05) is 0 Å². The molecule has 0 aliphatic carbocycles. The first-order chi connectivity index (χ1) is 8.93. The molecule has 1 heterocycles. The predicted octanol–water partition coefficient (Wildman–Crippen LogP) is 4.18. The van der Waals surface area contributed by atoms with Crippen LogP contribution in [0.3, 0.4) is 0 Å². The van der Waals surface area contributed by atoms with E-state index in [2.05, 4.69) is 65.7 Å². The summed E-state index contributed by atoms with van der Waals surface area (Å²) >= 11 is 0. The van der Waals surface area contributed by atoms with E-state index in [9.17, 15) is 0 Å². The molecule has 2 aromatic carbocycles. The van der Waals surface area contributed by atoms with Crippen LogP contribution in [0.5, 0.6) is 0 Å². The highest BCUT2D eigenvalue weighted by Gasteiger charge is 2.15. The van der Waals surface area contributed by atoms with Crippen LogP contribution in [0.15, 0.2) is 77.9 Å². The summed E-state index contributed by atoms with van der Waals surface area (Å²) in [6, 6.07) is 21.0. The third-order valence-corrected chi connectivity index (χ3v) is 3.30. The first kappa shape index (κ1) is 11.0. The summed E-state index contributed by atoms with van der Waals surface area (Å²) in [5, 5.41) is 0. The second-order valence-electron chi connectivity index (χ2n) is 4.50. The summed E-state index contributed by atoms with van der Waals surface area (Å²) in [4.78, 5) is 4.51. The average molecular weight is 233 g/mol. The molecule has 0 amide bonds. The topological polar surface area (TPSA) is 12.4 Å². The minimum absolute atomic E-state index is 0.443. The van der Waals surface area contributed by atoms with Crippen LogP contribution in [0, 0.1) is 0 Å². The minimum atomic E-state index is 0.443. The Bertz CT molecular complexity index is 567. The molecule has 0 fully saturated rings. The molecule has 88 valence electrons. The maximum absolute atomic E-state index is 4.51. The average Bonchev–Trinajstić information content (AvgIpc) is 2.49. The molecule has 0 saturated carbocycles. The molecule has 1 unspecified atom stereocenters. The van der Waals surface area contributed by atoms with Gasteiger partial charge < -0.3 is 0 Å². The lowest BCUT2D eigenvalue weighted by molar-refractivity contribution is 0.874. The van der Waals surface area contributed by atoms with Gasteiger partial charge in [-0.3, -0.25) is 4.99 Å². The van der Waals surface area contributed by atoms with Crippen LogP contribution in [0.25, 0.3) is 0 Å². The van der Waals surface area contributed by atoms with Crippen LogP contribution in [0.1, 0.15) is 23.5 Å². The van der Waals surface area contributed by atoms with Gasteiger partial charge in [0.15, 0.2) is 0 Å². The largest absolute Gasteiger partial charge is 0.261 e. The lowest BCUT2D eigenvalue weighted by Crippen LogP contribution is -2.09. The molecule has 0 saturated heterocycles. The highest BCUT2D eigenvalue weighted by molar-refractivity contribution is 6.02. The number of hydrogen-bond acceptors (Lipinski definition) is 1. The van der Waals surface area contributed by atoms with Crippen molar-refractivity contribution >= 4 is 5.71 Å².